The van der Waals surface area contributed by atoms with Crippen molar-refractivity contribution in [3.8, 4) is 5.82 Å². The second kappa shape index (κ2) is 9.09. The summed E-state index contributed by atoms with van der Waals surface area (Å²) < 4.78 is 7.34. The molecule has 0 bridgehead atoms. The average Bonchev–Trinajstić information content (AvgIpc) is 3.17. The van der Waals surface area contributed by atoms with Crippen molar-refractivity contribution in [2.24, 2.45) is 0 Å². The lowest BCUT2D eigenvalue weighted by Crippen LogP contribution is -2.54. The molecule has 2 amide bonds. The van der Waals surface area contributed by atoms with Gasteiger partial charge in [-0.05, 0) is 33.8 Å². The Hall–Kier alpha value is -3.40. The topological polar surface area (TPSA) is 96.7 Å². The van der Waals surface area contributed by atoms with Gasteiger partial charge >= 0.3 is 6.09 Å². The highest BCUT2D eigenvalue weighted by Crippen LogP contribution is 2.36. The minimum absolute atomic E-state index is 0.0404. The van der Waals surface area contributed by atoms with Gasteiger partial charge < -0.3 is 19.4 Å². The van der Waals surface area contributed by atoms with Crippen LogP contribution >= 0.6 is 11.6 Å². The number of nitrogens with zero attached hydrogens (tertiary/aromatic N) is 7. The van der Waals surface area contributed by atoms with Crippen molar-refractivity contribution in [1.29, 1.82) is 0 Å². The van der Waals surface area contributed by atoms with E-state index in [9.17, 15) is 9.59 Å². The lowest BCUT2D eigenvalue weighted by atomic mass is 10.1. The fourth-order valence-corrected chi connectivity index (χ4v) is 4.19. The quantitative estimate of drug-likeness (QED) is 0.521. The van der Waals surface area contributed by atoms with Crippen molar-refractivity contribution in [2.75, 3.05) is 36.5 Å². The maximum absolute atomic E-state index is 12.6. The molecule has 1 atom stereocenters. The molecule has 3 aromatic rings. The van der Waals surface area contributed by atoms with Crippen LogP contribution in [0, 0.1) is 0 Å². The number of aromatic nitrogens is 4. The van der Waals surface area contributed by atoms with Crippen LogP contribution in [0.3, 0.4) is 0 Å². The Morgan fingerprint density at radius 2 is 2.03 bits per heavy atom. The number of fused-ring (bicyclic) bond motifs is 1. The lowest BCUT2D eigenvalue weighted by Gasteiger charge is -2.41. The van der Waals surface area contributed by atoms with Gasteiger partial charge in [-0.2, -0.15) is 0 Å². The van der Waals surface area contributed by atoms with Crippen LogP contribution in [0.4, 0.5) is 16.3 Å². The number of rotatable bonds is 4. The summed E-state index contributed by atoms with van der Waals surface area (Å²) >= 11 is 6.19. The summed E-state index contributed by atoms with van der Waals surface area (Å²) in [6, 6.07) is 3.39. The molecule has 10 nitrogen and oxygen atoms in total. The molecule has 1 aliphatic rings. The second-order valence-corrected chi connectivity index (χ2v) is 9.73. The Morgan fingerprint density at radius 1 is 1.26 bits per heavy atom. The molecular weight excluding hydrogens is 458 g/mol. The molecule has 0 radical (unpaired) electrons. The van der Waals surface area contributed by atoms with Crippen molar-refractivity contribution in [3.05, 3.63) is 35.9 Å². The normalized spacial score (nSPS) is 16.6. The maximum Gasteiger partial charge on any atom is 0.410 e. The Kier molecular flexibility index (Phi) is 6.35. The zero-order chi connectivity index (χ0) is 24.6. The van der Waals surface area contributed by atoms with E-state index in [2.05, 4.69) is 19.9 Å². The van der Waals surface area contributed by atoms with Gasteiger partial charge in [0.15, 0.2) is 5.65 Å². The molecule has 0 N–H and O–H groups in total. The second-order valence-electron chi connectivity index (χ2n) is 9.30. The van der Waals surface area contributed by atoms with Crippen LogP contribution in [0.5, 0.6) is 0 Å². The van der Waals surface area contributed by atoms with E-state index in [-0.39, 0.29) is 12.1 Å². The van der Waals surface area contributed by atoms with E-state index in [1.165, 1.54) is 11.2 Å². The molecular formula is C23H28ClN7O3. The molecule has 1 unspecified atom stereocenters. The van der Waals surface area contributed by atoms with Crippen LogP contribution in [0.2, 0.25) is 5.02 Å². The number of piperazine rings is 1. The molecule has 0 aromatic carbocycles. The molecule has 11 heteroatoms. The van der Waals surface area contributed by atoms with E-state index >= 15 is 0 Å². The number of ether oxygens (including phenoxy) is 1. The fraction of sp³-hybridized carbons (Fsp3) is 0.435. The van der Waals surface area contributed by atoms with E-state index in [0.29, 0.717) is 47.6 Å². The summed E-state index contributed by atoms with van der Waals surface area (Å²) in [6.45, 7) is 9.11. The van der Waals surface area contributed by atoms with Gasteiger partial charge in [-0.1, -0.05) is 11.6 Å². The van der Waals surface area contributed by atoms with Crippen LogP contribution in [-0.4, -0.2) is 75.2 Å². The maximum atomic E-state index is 12.6. The van der Waals surface area contributed by atoms with Crippen molar-refractivity contribution in [2.45, 2.75) is 39.3 Å². The minimum atomic E-state index is -0.554. The zero-order valence-corrected chi connectivity index (χ0v) is 20.7. The molecule has 0 aliphatic carbocycles. The Labute approximate surface area is 203 Å². The monoisotopic (exact) mass is 485 g/mol. The summed E-state index contributed by atoms with van der Waals surface area (Å²) in [4.78, 5) is 43.1. The number of hydrogen-bond donors (Lipinski definition) is 0. The van der Waals surface area contributed by atoms with Crippen molar-refractivity contribution < 1.29 is 14.3 Å². The highest BCUT2D eigenvalue weighted by Gasteiger charge is 2.32. The van der Waals surface area contributed by atoms with Gasteiger partial charge in [0.2, 0.25) is 6.41 Å². The predicted octanol–water partition coefficient (Wildman–Crippen LogP) is 3.51. The van der Waals surface area contributed by atoms with Gasteiger partial charge in [0.1, 0.15) is 23.6 Å². The van der Waals surface area contributed by atoms with Crippen molar-refractivity contribution in [1.82, 2.24) is 24.4 Å². The summed E-state index contributed by atoms with van der Waals surface area (Å²) in [5, 5.41) is 1.26. The van der Waals surface area contributed by atoms with Gasteiger partial charge in [-0.25, -0.2) is 19.7 Å². The van der Waals surface area contributed by atoms with E-state index in [1.54, 1.807) is 41.0 Å². The van der Waals surface area contributed by atoms with Crippen molar-refractivity contribution in [3.63, 3.8) is 0 Å². The van der Waals surface area contributed by atoms with Gasteiger partial charge in [-0.3, -0.25) is 9.36 Å². The number of anilines is 2. The molecule has 1 aliphatic heterocycles. The van der Waals surface area contributed by atoms with E-state index in [0.717, 1.165) is 11.8 Å². The number of carbonyl (C=O) groups excluding carboxylic acids is 2. The Bertz CT molecular complexity index is 1220. The predicted molar refractivity (Wildman–Crippen MR) is 131 cm³/mol. The zero-order valence-electron chi connectivity index (χ0n) is 19.9. The number of halogens is 1. The SMILES string of the molecule is CC1CN(C(=O)OC(C)(C)C)CCN1c1ncnc2c1c(N(C)C=O)cn2-c1cc(Cl)ccn1. The summed E-state index contributed by atoms with van der Waals surface area (Å²) in [7, 11) is 1.68. The highest BCUT2D eigenvalue weighted by molar-refractivity contribution is 6.30. The van der Waals surface area contributed by atoms with Gasteiger partial charge in [-0.15, -0.1) is 0 Å². The van der Waals surface area contributed by atoms with Crippen LogP contribution in [-0.2, 0) is 9.53 Å². The first-order valence-electron chi connectivity index (χ1n) is 11.0. The van der Waals surface area contributed by atoms with Crippen LogP contribution in [0.15, 0.2) is 30.9 Å². The Morgan fingerprint density at radius 3 is 2.68 bits per heavy atom. The van der Waals surface area contributed by atoms with Gasteiger partial charge in [0.25, 0.3) is 0 Å². The molecule has 4 rings (SSSR count). The minimum Gasteiger partial charge on any atom is -0.444 e. The van der Waals surface area contributed by atoms with Gasteiger partial charge in [0.05, 0.1) is 11.1 Å². The molecule has 3 aromatic heterocycles. The summed E-state index contributed by atoms with van der Waals surface area (Å²) in [5.74, 6) is 1.27. The van der Waals surface area contributed by atoms with Gasteiger partial charge in [0, 0.05) is 56.2 Å². The first kappa shape index (κ1) is 23.7. The molecule has 0 spiro atoms. The van der Waals surface area contributed by atoms with Crippen LogP contribution in [0.25, 0.3) is 16.9 Å². The number of carbonyl (C=O) groups is 2. The molecule has 1 saturated heterocycles. The molecule has 34 heavy (non-hydrogen) atoms. The molecule has 0 saturated carbocycles. The van der Waals surface area contributed by atoms with E-state index < -0.39 is 5.60 Å². The fourth-order valence-electron chi connectivity index (χ4n) is 4.03. The summed E-state index contributed by atoms with van der Waals surface area (Å²) in [6.07, 6.45) is 5.33. The first-order chi connectivity index (χ1) is 16.1. The number of hydrogen-bond acceptors (Lipinski definition) is 7. The standard InChI is InChI=1S/C23H28ClN7O3/c1-15-11-29(22(33)34-23(2,3)4)8-9-30(15)20-19-17(28(5)14-32)12-31(21(19)27-13-26-20)18-10-16(24)6-7-25-18/h6-7,10,12-15H,8-9,11H2,1-5H3. The summed E-state index contributed by atoms with van der Waals surface area (Å²) in [5.41, 5.74) is 0.691. The third-order valence-corrected chi connectivity index (χ3v) is 5.82. The molecule has 4 heterocycles. The smallest absolute Gasteiger partial charge is 0.410 e. The number of pyridine rings is 1. The number of amides is 2. The van der Waals surface area contributed by atoms with Crippen LogP contribution in [0.1, 0.15) is 27.7 Å². The van der Waals surface area contributed by atoms with Crippen LogP contribution < -0.4 is 9.80 Å². The lowest BCUT2D eigenvalue weighted by molar-refractivity contribution is -0.107. The Balaban J connectivity index is 1.74. The molecule has 180 valence electrons. The third-order valence-electron chi connectivity index (χ3n) is 5.59. The average molecular weight is 486 g/mol. The van der Waals surface area contributed by atoms with E-state index in [4.69, 9.17) is 16.3 Å². The molecule has 1 fully saturated rings. The van der Waals surface area contributed by atoms with Crippen molar-refractivity contribution >= 4 is 46.6 Å². The third kappa shape index (κ3) is 4.63. The largest absolute Gasteiger partial charge is 0.444 e. The van der Waals surface area contributed by atoms with E-state index in [1.807, 2.05) is 27.7 Å². The first-order valence-corrected chi connectivity index (χ1v) is 11.4. The highest BCUT2D eigenvalue weighted by atomic mass is 35.5.